The molecule has 0 aliphatic carbocycles. The van der Waals surface area contributed by atoms with Crippen molar-refractivity contribution in [2.75, 3.05) is 36.5 Å². The lowest BCUT2D eigenvalue weighted by Crippen LogP contribution is -2.45. The van der Waals surface area contributed by atoms with Crippen LogP contribution in [0.5, 0.6) is 0 Å². The summed E-state index contributed by atoms with van der Waals surface area (Å²) in [7, 11) is 0. The first-order chi connectivity index (χ1) is 12.5. The molecule has 6 nitrogen and oxygen atoms in total. The molecule has 0 bridgehead atoms. The molecular formula is C19H23ClN4O2. The van der Waals surface area contributed by atoms with Crippen LogP contribution in [0.15, 0.2) is 24.3 Å². The smallest absolute Gasteiger partial charge is 0.229 e. The van der Waals surface area contributed by atoms with Crippen LogP contribution in [0.25, 0.3) is 0 Å². The summed E-state index contributed by atoms with van der Waals surface area (Å²) >= 11 is 6.21. The summed E-state index contributed by atoms with van der Waals surface area (Å²) in [4.78, 5) is 11.5. The van der Waals surface area contributed by atoms with Crippen molar-refractivity contribution in [2.45, 2.75) is 32.5 Å². The first-order valence-corrected chi connectivity index (χ1v) is 9.33. The van der Waals surface area contributed by atoms with Gasteiger partial charge in [-0.05, 0) is 31.5 Å². The van der Waals surface area contributed by atoms with Gasteiger partial charge in [-0.25, -0.2) is 4.98 Å². The molecule has 1 spiro atoms. The Kier molecular flexibility index (Phi) is 4.73. The molecule has 1 aromatic heterocycles. The number of ether oxygens (including phenoxy) is 2. The van der Waals surface area contributed by atoms with Crippen LogP contribution in [-0.4, -0.2) is 42.1 Å². The lowest BCUT2D eigenvalue weighted by atomic mass is 10.0. The van der Waals surface area contributed by atoms with Gasteiger partial charge >= 0.3 is 0 Å². The molecule has 0 atom stereocenters. The third-order valence-corrected chi connectivity index (χ3v) is 5.43. The highest BCUT2D eigenvalue weighted by Crippen LogP contribution is 2.33. The van der Waals surface area contributed by atoms with E-state index in [4.69, 9.17) is 26.1 Å². The van der Waals surface area contributed by atoms with Gasteiger partial charge in [-0.1, -0.05) is 17.7 Å². The van der Waals surface area contributed by atoms with Gasteiger partial charge in [-0.2, -0.15) is 4.98 Å². The Morgan fingerprint density at radius 3 is 2.58 bits per heavy atom. The lowest BCUT2D eigenvalue weighted by molar-refractivity contribution is -0.169. The molecule has 2 aliphatic heterocycles. The Hall–Kier alpha value is -1.89. The maximum absolute atomic E-state index is 6.21. The van der Waals surface area contributed by atoms with Crippen LogP contribution in [0.1, 0.15) is 24.1 Å². The van der Waals surface area contributed by atoms with Crippen molar-refractivity contribution in [1.29, 1.82) is 0 Å². The van der Waals surface area contributed by atoms with Crippen molar-refractivity contribution >= 4 is 29.1 Å². The highest BCUT2D eigenvalue weighted by Gasteiger charge is 2.40. The van der Waals surface area contributed by atoms with E-state index >= 15 is 0 Å². The summed E-state index contributed by atoms with van der Waals surface area (Å²) in [6.07, 6.45) is 1.71. The largest absolute Gasteiger partial charge is 0.356 e. The normalized spacial score (nSPS) is 19.1. The van der Waals surface area contributed by atoms with Crippen molar-refractivity contribution < 1.29 is 9.47 Å². The quantitative estimate of drug-likeness (QED) is 0.881. The fourth-order valence-corrected chi connectivity index (χ4v) is 3.67. The standard InChI is InChI=1S/C19H23ClN4O2/c1-13-12-17(24-8-6-19(7-9-24)25-10-11-26-19)23-18(21-13)22-16-5-3-4-15(20)14(16)2/h3-5,12H,6-11H2,1-2H3,(H,21,22,23). The fraction of sp³-hybridized carbons (Fsp3) is 0.474. The summed E-state index contributed by atoms with van der Waals surface area (Å²) in [5, 5.41) is 4.02. The van der Waals surface area contributed by atoms with E-state index in [1.54, 1.807) is 0 Å². The number of piperidine rings is 1. The summed E-state index contributed by atoms with van der Waals surface area (Å²) in [5.41, 5.74) is 2.82. The predicted molar refractivity (Wildman–Crippen MR) is 102 cm³/mol. The summed E-state index contributed by atoms with van der Waals surface area (Å²) in [5.74, 6) is 1.13. The SMILES string of the molecule is Cc1cc(N2CCC3(CC2)OCCO3)nc(Nc2cccc(Cl)c2C)n1. The minimum absolute atomic E-state index is 0.377. The Morgan fingerprint density at radius 2 is 1.85 bits per heavy atom. The zero-order chi connectivity index (χ0) is 18.1. The second kappa shape index (κ2) is 7.02. The van der Waals surface area contributed by atoms with Gasteiger partial charge in [0.2, 0.25) is 5.95 Å². The Bertz CT molecular complexity index is 798. The number of nitrogens with one attached hydrogen (secondary N) is 1. The van der Waals surface area contributed by atoms with Gasteiger partial charge in [0.25, 0.3) is 0 Å². The van der Waals surface area contributed by atoms with Gasteiger partial charge in [0, 0.05) is 48.4 Å². The molecule has 7 heteroatoms. The molecule has 0 saturated carbocycles. The topological polar surface area (TPSA) is 59.5 Å². The molecule has 0 unspecified atom stereocenters. The number of benzene rings is 1. The van der Waals surface area contributed by atoms with E-state index in [9.17, 15) is 0 Å². The van der Waals surface area contributed by atoms with E-state index in [2.05, 4.69) is 15.2 Å². The molecule has 2 fully saturated rings. The van der Waals surface area contributed by atoms with Gasteiger partial charge in [-0.3, -0.25) is 0 Å². The molecule has 4 rings (SSSR count). The number of nitrogens with zero attached hydrogens (tertiary/aromatic N) is 3. The first-order valence-electron chi connectivity index (χ1n) is 8.95. The van der Waals surface area contributed by atoms with E-state index in [1.807, 2.05) is 38.1 Å². The van der Waals surface area contributed by atoms with E-state index in [0.29, 0.717) is 19.2 Å². The van der Waals surface area contributed by atoms with Crippen LogP contribution in [-0.2, 0) is 9.47 Å². The van der Waals surface area contributed by atoms with Gasteiger partial charge in [0.1, 0.15) is 5.82 Å². The molecular weight excluding hydrogens is 352 g/mol. The van der Waals surface area contributed by atoms with Gasteiger partial charge in [0.15, 0.2) is 5.79 Å². The van der Waals surface area contributed by atoms with Crippen LogP contribution in [0.3, 0.4) is 0 Å². The average molecular weight is 375 g/mol. The van der Waals surface area contributed by atoms with Crippen LogP contribution < -0.4 is 10.2 Å². The van der Waals surface area contributed by atoms with Crippen LogP contribution in [0, 0.1) is 13.8 Å². The lowest BCUT2D eigenvalue weighted by Gasteiger charge is -2.38. The van der Waals surface area contributed by atoms with Crippen molar-refractivity contribution in [1.82, 2.24) is 9.97 Å². The monoisotopic (exact) mass is 374 g/mol. The summed E-state index contributed by atoms with van der Waals surface area (Å²) < 4.78 is 11.6. The maximum atomic E-state index is 6.21. The van der Waals surface area contributed by atoms with Crippen LogP contribution in [0.4, 0.5) is 17.5 Å². The number of rotatable bonds is 3. The number of hydrogen-bond acceptors (Lipinski definition) is 6. The first kappa shape index (κ1) is 17.5. The van der Waals surface area contributed by atoms with Gasteiger partial charge in [-0.15, -0.1) is 0 Å². The second-order valence-electron chi connectivity index (χ2n) is 6.82. The molecule has 2 aliphatic rings. The summed E-state index contributed by atoms with van der Waals surface area (Å²) in [6, 6.07) is 7.79. The van der Waals surface area contributed by atoms with E-state index in [1.165, 1.54) is 0 Å². The number of halogens is 1. The Labute approximate surface area is 158 Å². The number of hydrogen-bond donors (Lipinski definition) is 1. The third-order valence-electron chi connectivity index (χ3n) is 5.02. The zero-order valence-corrected chi connectivity index (χ0v) is 15.8. The summed E-state index contributed by atoms with van der Waals surface area (Å²) in [6.45, 7) is 7.06. The van der Waals surface area contributed by atoms with Crippen molar-refractivity contribution in [3.05, 3.63) is 40.5 Å². The number of anilines is 3. The number of aromatic nitrogens is 2. The zero-order valence-electron chi connectivity index (χ0n) is 15.1. The van der Waals surface area contributed by atoms with E-state index in [0.717, 1.165) is 53.7 Å². The van der Waals surface area contributed by atoms with E-state index < -0.39 is 0 Å². The average Bonchev–Trinajstić information content (AvgIpc) is 3.07. The number of aryl methyl sites for hydroxylation is 1. The minimum atomic E-state index is -0.377. The maximum Gasteiger partial charge on any atom is 0.229 e. The predicted octanol–water partition coefficient (Wildman–Crippen LogP) is 3.83. The molecule has 0 radical (unpaired) electrons. The molecule has 3 heterocycles. The third kappa shape index (κ3) is 3.49. The Morgan fingerprint density at radius 1 is 1.12 bits per heavy atom. The molecule has 1 N–H and O–H groups in total. The molecule has 26 heavy (non-hydrogen) atoms. The minimum Gasteiger partial charge on any atom is -0.356 e. The van der Waals surface area contributed by atoms with Gasteiger partial charge < -0.3 is 19.7 Å². The van der Waals surface area contributed by atoms with E-state index in [-0.39, 0.29) is 5.79 Å². The Balaban J connectivity index is 1.52. The van der Waals surface area contributed by atoms with Crippen molar-refractivity contribution in [3.8, 4) is 0 Å². The van der Waals surface area contributed by atoms with Crippen LogP contribution >= 0.6 is 11.6 Å². The second-order valence-corrected chi connectivity index (χ2v) is 7.23. The molecule has 2 saturated heterocycles. The molecule has 0 amide bonds. The highest BCUT2D eigenvalue weighted by molar-refractivity contribution is 6.31. The van der Waals surface area contributed by atoms with Gasteiger partial charge in [0.05, 0.1) is 13.2 Å². The van der Waals surface area contributed by atoms with Crippen molar-refractivity contribution in [3.63, 3.8) is 0 Å². The van der Waals surface area contributed by atoms with Crippen molar-refractivity contribution in [2.24, 2.45) is 0 Å². The molecule has 1 aromatic carbocycles. The fourth-order valence-electron chi connectivity index (χ4n) is 3.50. The highest BCUT2D eigenvalue weighted by atomic mass is 35.5. The van der Waals surface area contributed by atoms with Crippen LogP contribution in [0.2, 0.25) is 5.02 Å². The molecule has 2 aromatic rings. The molecule has 138 valence electrons.